The highest BCUT2D eigenvalue weighted by Crippen LogP contribution is 2.24. The van der Waals surface area contributed by atoms with Crippen LogP contribution >= 0.6 is 11.8 Å². The van der Waals surface area contributed by atoms with Gasteiger partial charge < -0.3 is 14.2 Å². The lowest BCUT2D eigenvalue weighted by Crippen LogP contribution is -2.44. The summed E-state index contributed by atoms with van der Waals surface area (Å²) in [5, 5.41) is 4.05. The second kappa shape index (κ2) is 9.60. The molecule has 1 aliphatic heterocycles. The molecule has 0 spiro atoms. The van der Waals surface area contributed by atoms with Crippen molar-refractivity contribution in [2.24, 2.45) is 0 Å². The maximum absolute atomic E-state index is 13.8. The van der Waals surface area contributed by atoms with Crippen LogP contribution in [0.2, 0.25) is 0 Å². The molecule has 0 atom stereocenters. The van der Waals surface area contributed by atoms with Gasteiger partial charge in [0.25, 0.3) is 0 Å². The van der Waals surface area contributed by atoms with Crippen LogP contribution in [0, 0.1) is 5.82 Å². The van der Waals surface area contributed by atoms with Gasteiger partial charge in [-0.2, -0.15) is 4.98 Å². The van der Waals surface area contributed by atoms with Gasteiger partial charge in [-0.05, 0) is 38.3 Å². The Morgan fingerprint density at radius 3 is 2.71 bits per heavy atom. The van der Waals surface area contributed by atoms with E-state index in [9.17, 15) is 4.39 Å². The van der Waals surface area contributed by atoms with Crippen molar-refractivity contribution < 1.29 is 13.7 Å². The van der Waals surface area contributed by atoms with E-state index in [4.69, 9.17) is 9.26 Å². The molecule has 2 heterocycles. The zero-order chi connectivity index (χ0) is 20.1. The molecule has 0 amide bonds. The maximum Gasteiger partial charge on any atom is 0.324 e. The number of benzene rings is 1. The fourth-order valence-electron chi connectivity index (χ4n) is 3.31. The highest BCUT2D eigenvalue weighted by Gasteiger charge is 2.25. The SMILES string of the molecule is CSc1ccc(OCCN(C)C2CCN(c3nc(C(C)C)no3)CC2)cc1F. The molecule has 0 unspecified atom stereocenters. The molecule has 3 rings (SSSR count). The van der Waals surface area contributed by atoms with Crippen molar-refractivity contribution >= 4 is 17.8 Å². The van der Waals surface area contributed by atoms with Crippen LogP contribution in [0.3, 0.4) is 0 Å². The molecular formula is C20H29FN4O2S. The standard InChI is InChI=1S/C20H29FN4O2S/c1-14(2)19-22-20(27-23-19)25-9-7-15(8-10-25)24(3)11-12-26-16-5-6-18(28-4)17(21)13-16/h5-6,13-15H,7-12H2,1-4H3. The average Bonchev–Trinajstić information content (AvgIpc) is 3.19. The number of rotatable bonds is 8. The van der Waals surface area contributed by atoms with Crippen molar-refractivity contribution in [3.05, 3.63) is 29.8 Å². The number of likely N-dealkylation sites (N-methyl/N-ethyl adjacent to an activating group) is 1. The van der Waals surface area contributed by atoms with Crippen molar-refractivity contribution in [1.29, 1.82) is 0 Å². The highest BCUT2D eigenvalue weighted by molar-refractivity contribution is 7.98. The molecule has 1 saturated heterocycles. The van der Waals surface area contributed by atoms with E-state index in [1.165, 1.54) is 17.8 Å². The van der Waals surface area contributed by atoms with Gasteiger partial charge in [0.2, 0.25) is 0 Å². The number of hydrogen-bond donors (Lipinski definition) is 0. The Balaban J connectivity index is 1.42. The van der Waals surface area contributed by atoms with Gasteiger partial charge in [-0.1, -0.05) is 19.0 Å². The third-order valence-corrected chi connectivity index (χ3v) is 5.91. The summed E-state index contributed by atoms with van der Waals surface area (Å²) in [4.78, 5) is 9.60. The Morgan fingerprint density at radius 2 is 2.11 bits per heavy atom. The van der Waals surface area contributed by atoms with Crippen LogP contribution in [0.4, 0.5) is 10.4 Å². The molecule has 0 aliphatic carbocycles. The minimum Gasteiger partial charge on any atom is -0.492 e. The normalized spacial score (nSPS) is 15.6. The first-order chi connectivity index (χ1) is 13.5. The van der Waals surface area contributed by atoms with Gasteiger partial charge in [0.05, 0.1) is 0 Å². The van der Waals surface area contributed by atoms with Gasteiger partial charge in [-0.3, -0.25) is 4.90 Å². The van der Waals surface area contributed by atoms with Gasteiger partial charge in [0.15, 0.2) is 5.82 Å². The minimum absolute atomic E-state index is 0.229. The Hall–Kier alpha value is -1.80. The van der Waals surface area contributed by atoms with Crippen molar-refractivity contribution in [3.8, 4) is 5.75 Å². The van der Waals surface area contributed by atoms with Crippen molar-refractivity contribution in [2.75, 3.05) is 44.4 Å². The van der Waals surface area contributed by atoms with Gasteiger partial charge in [0.1, 0.15) is 18.2 Å². The monoisotopic (exact) mass is 408 g/mol. The summed E-state index contributed by atoms with van der Waals surface area (Å²) in [6.07, 6.45) is 3.93. The molecule has 0 N–H and O–H groups in total. The van der Waals surface area contributed by atoms with Crippen LogP contribution < -0.4 is 9.64 Å². The van der Waals surface area contributed by atoms with Crippen molar-refractivity contribution in [2.45, 2.75) is 43.5 Å². The molecule has 0 radical (unpaired) electrons. The molecule has 8 heteroatoms. The van der Waals surface area contributed by atoms with Crippen LogP contribution in [-0.2, 0) is 0 Å². The Bertz CT molecular complexity index is 762. The van der Waals surface area contributed by atoms with Gasteiger partial charge >= 0.3 is 6.01 Å². The average molecular weight is 409 g/mol. The van der Waals surface area contributed by atoms with Gasteiger partial charge in [-0.25, -0.2) is 4.39 Å². The van der Waals surface area contributed by atoms with Crippen LogP contribution in [0.1, 0.15) is 38.4 Å². The van der Waals surface area contributed by atoms with Crippen LogP contribution in [-0.4, -0.2) is 60.6 Å². The van der Waals surface area contributed by atoms with E-state index in [2.05, 4.69) is 40.8 Å². The number of ether oxygens (including phenoxy) is 1. The predicted octanol–water partition coefficient (Wildman–Crippen LogP) is 4.03. The number of aromatic nitrogens is 2. The fourth-order valence-corrected chi connectivity index (χ4v) is 3.77. The van der Waals surface area contributed by atoms with E-state index in [0.717, 1.165) is 38.3 Å². The second-order valence-electron chi connectivity index (χ2n) is 7.43. The summed E-state index contributed by atoms with van der Waals surface area (Å²) in [6, 6.07) is 6.16. The van der Waals surface area contributed by atoms with Crippen molar-refractivity contribution in [1.82, 2.24) is 15.0 Å². The number of halogens is 1. The van der Waals surface area contributed by atoms with E-state index in [1.807, 2.05) is 12.3 Å². The van der Waals surface area contributed by atoms with Gasteiger partial charge in [-0.15, -0.1) is 11.8 Å². The summed E-state index contributed by atoms with van der Waals surface area (Å²) >= 11 is 1.39. The van der Waals surface area contributed by atoms with E-state index >= 15 is 0 Å². The fraction of sp³-hybridized carbons (Fsp3) is 0.600. The number of thioether (sulfide) groups is 1. The summed E-state index contributed by atoms with van der Waals surface area (Å²) in [6.45, 7) is 7.26. The smallest absolute Gasteiger partial charge is 0.324 e. The highest BCUT2D eigenvalue weighted by atomic mass is 32.2. The first-order valence-corrected chi connectivity index (χ1v) is 11.0. The quantitative estimate of drug-likeness (QED) is 0.611. The van der Waals surface area contributed by atoms with Crippen LogP contribution in [0.15, 0.2) is 27.6 Å². The van der Waals surface area contributed by atoms with Crippen molar-refractivity contribution in [3.63, 3.8) is 0 Å². The number of nitrogens with zero attached hydrogens (tertiary/aromatic N) is 4. The molecule has 6 nitrogen and oxygen atoms in total. The topological polar surface area (TPSA) is 54.6 Å². The third-order valence-electron chi connectivity index (χ3n) is 5.14. The molecule has 1 fully saturated rings. The molecule has 0 bridgehead atoms. The molecule has 0 saturated carbocycles. The lowest BCUT2D eigenvalue weighted by molar-refractivity contribution is 0.169. The van der Waals surface area contributed by atoms with Crippen LogP contribution in [0.25, 0.3) is 0 Å². The minimum atomic E-state index is -0.229. The summed E-state index contributed by atoms with van der Waals surface area (Å²) in [5.74, 6) is 1.38. The summed E-state index contributed by atoms with van der Waals surface area (Å²) in [7, 11) is 2.12. The maximum atomic E-state index is 13.8. The molecule has 1 aromatic carbocycles. The molecule has 2 aromatic rings. The van der Waals surface area contributed by atoms with E-state index in [0.29, 0.717) is 29.3 Å². The van der Waals surface area contributed by atoms with E-state index < -0.39 is 0 Å². The Morgan fingerprint density at radius 1 is 1.36 bits per heavy atom. The first-order valence-electron chi connectivity index (χ1n) is 9.73. The van der Waals surface area contributed by atoms with Crippen LogP contribution in [0.5, 0.6) is 5.75 Å². The largest absolute Gasteiger partial charge is 0.492 e. The Labute approximate surface area is 170 Å². The second-order valence-corrected chi connectivity index (χ2v) is 8.28. The Kier molecular flexibility index (Phi) is 7.18. The van der Waals surface area contributed by atoms with E-state index in [1.54, 1.807) is 6.07 Å². The molecule has 154 valence electrons. The lowest BCUT2D eigenvalue weighted by atomic mass is 10.0. The zero-order valence-corrected chi connectivity index (χ0v) is 17.8. The van der Waals surface area contributed by atoms with E-state index in [-0.39, 0.29) is 11.7 Å². The molecular weight excluding hydrogens is 379 g/mol. The van der Waals surface area contributed by atoms with Gasteiger partial charge in [0, 0.05) is 42.6 Å². The summed E-state index contributed by atoms with van der Waals surface area (Å²) < 4.78 is 24.9. The predicted molar refractivity (Wildman–Crippen MR) is 110 cm³/mol. The lowest BCUT2D eigenvalue weighted by Gasteiger charge is -2.35. The number of anilines is 1. The zero-order valence-electron chi connectivity index (χ0n) is 17.0. The summed E-state index contributed by atoms with van der Waals surface area (Å²) in [5.41, 5.74) is 0. The third kappa shape index (κ3) is 5.17. The molecule has 1 aromatic heterocycles. The molecule has 1 aliphatic rings. The molecule has 28 heavy (non-hydrogen) atoms. The number of piperidine rings is 1. The number of hydrogen-bond acceptors (Lipinski definition) is 7. The first kappa shape index (κ1) is 20.9.